The zero-order valence-electron chi connectivity index (χ0n) is 6.86. The quantitative estimate of drug-likeness (QED) is 0.372. The summed E-state index contributed by atoms with van der Waals surface area (Å²) in [6.07, 6.45) is 0. The molecule has 0 bridgehead atoms. The molecule has 2 N–H and O–H groups in total. The molecule has 0 aromatic rings. The van der Waals surface area contributed by atoms with Crippen molar-refractivity contribution >= 4 is 23.5 Å². The van der Waals surface area contributed by atoms with E-state index in [0.29, 0.717) is 0 Å². The van der Waals surface area contributed by atoms with Crippen LogP contribution in [0, 0.1) is 0 Å². The summed E-state index contributed by atoms with van der Waals surface area (Å²) in [7, 11) is -17.2. The first-order chi connectivity index (χ1) is 5.41. The zero-order valence-corrected chi connectivity index (χ0v) is 12.6. The Morgan fingerprint density at radius 3 is 1.47 bits per heavy atom. The largest absolute Gasteiger partial charge is 2.00 e. The third-order valence-corrected chi connectivity index (χ3v) is 3.66. The van der Waals surface area contributed by atoms with Crippen LogP contribution in [0.15, 0.2) is 0 Å². The molecule has 0 aliphatic heterocycles. The van der Waals surface area contributed by atoms with Crippen LogP contribution in [0.25, 0.3) is 0 Å². The molecule has 0 aliphatic rings. The molecule has 86 valence electrons. The van der Waals surface area contributed by atoms with Crippen LogP contribution in [0.4, 0.5) is 0 Å². The first kappa shape index (κ1) is 22.1. The van der Waals surface area contributed by atoms with Crippen molar-refractivity contribution < 1.29 is 93.4 Å². The van der Waals surface area contributed by atoms with Crippen LogP contribution in [-0.4, -0.2) is 9.79 Å². The third-order valence-electron chi connectivity index (χ3n) is 0.406. The van der Waals surface area contributed by atoms with Gasteiger partial charge >= 0.3 is 54.4 Å². The van der Waals surface area contributed by atoms with Gasteiger partial charge in [0.05, 0.1) is 7.82 Å². The molecule has 1 unspecified atom stereocenters. The minimum Gasteiger partial charge on any atom is -0.790 e. The van der Waals surface area contributed by atoms with Gasteiger partial charge in [-0.1, -0.05) is 0 Å². The van der Waals surface area contributed by atoms with E-state index in [0.717, 1.165) is 0 Å². The van der Waals surface area contributed by atoms with Crippen LogP contribution < -0.4 is 44.2 Å². The van der Waals surface area contributed by atoms with E-state index in [9.17, 15) is 28.4 Å². The number of hydrogen-bond donors (Lipinski definition) is 2. The molecule has 15 heteroatoms. The molecule has 1 atom stereocenters. The summed E-state index contributed by atoms with van der Waals surface area (Å²) in [5.41, 5.74) is 0. The van der Waals surface area contributed by atoms with E-state index in [-0.39, 0.29) is 46.6 Å². The van der Waals surface area contributed by atoms with Gasteiger partial charge in [0.2, 0.25) is 0 Å². The Hall–Kier alpha value is 1.93. The van der Waals surface area contributed by atoms with Crippen molar-refractivity contribution in [3.05, 3.63) is 0 Å². The summed E-state index contributed by atoms with van der Waals surface area (Å²) < 4.78 is 35.3. The normalized spacial score (nSPS) is 15.8. The van der Waals surface area contributed by atoms with Crippen molar-refractivity contribution in [3.63, 3.8) is 0 Å². The van der Waals surface area contributed by atoms with E-state index in [4.69, 9.17) is 9.79 Å². The van der Waals surface area contributed by atoms with Crippen molar-refractivity contribution in [1.82, 2.24) is 0 Å². The van der Waals surface area contributed by atoms with Crippen LogP contribution in [0.1, 0.15) is 0 Å². The average molecular weight is 334 g/mol. The SMILES string of the molecule is O=P([O-])([O-])OP(=O)([O-])OP(=O)(O)O.[Fe+2].[Na+]. The van der Waals surface area contributed by atoms with Crippen molar-refractivity contribution in [1.29, 1.82) is 0 Å². The molecule has 0 aliphatic carbocycles. The molecule has 0 aromatic carbocycles. The summed E-state index contributed by atoms with van der Waals surface area (Å²) in [5.74, 6) is 0. The second-order valence-corrected chi connectivity index (χ2v) is 5.62. The van der Waals surface area contributed by atoms with Gasteiger partial charge in [-0.3, -0.25) is 8.88 Å². The van der Waals surface area contributed by atoms with Crippen LogP contribution in [-0.2, 0) is 39.4 Å². The second-order valence-electron chi connectivity index (χ2n) is 1.55. The molecule has 0 fully saturated rings. The summed E-state index contributed by atoms with van der Waals surface area (Å²) in [5, 5.41) is 0. The Bertz CT molecular complexity index is 283. The Morgan fingerprint density at radius 1 is 0.933 bits per heavy atom. The molecular weight excluding hydrogens is 332 g/mol. The first-order valence-corrected chi connectivity index (χ1v) is 6.68. The number of hydrogen-bond acceptors (Lipinski definition) is 8. The second kappa shape index (κ2) is 7.38. The van der Waals surface area contributed by atoms with Crippen LogP contribution in [0.3, 0.4) is 0 Å². The van der Waals surface area contributed by atoms with Gasteiger partial charge < -0.3 is 29.0 Å². The Labute approximate surface area is 116 Å². The third kappa shape index (κ3) is 15.9. The van der Waals surface area contributed by atoms with Gasteiger partial charge in [-0.2, -0.15) is 0 Å². The topological polar surface area (TPSA) is 179 Å². The summed E-state index contributed by atoms with van der Waals surface area (Å²) in [4.78, 5) is 45.3. The average Bonchev–Trinajstić information content (AvgIpc) is 1.43. The van der Waals surface area contributed by atoms with Gasteiger partial charge in [-0.15, -0.1) is 0 Å². The van der Waals surface area contributed by atoms with E-state index >= 15 is 0 Å². The molecular formula is H2FeNaO10P3. The molecule has 0 spiro atoms. The Balaban J connectivity index is -0.000000720. The minimum absolute atomic E-state index is 0. The van der Waals surface area contributed by atoms with Gasteiger partial charge in [0.25, 0.3) is 7.82 Å². The maximum atomic E-state index is 10.2. The monoisotopic (exact) mass is 334 g/mol. The smallest absolute Gasteiger partial charge is 0.790 e. The van der Waals surface area contributed by atoms with Gasteiger partial charge in [0.1, 0.15) is 0 Å². The summed E-state index contributed by atoms with van der Waals surface area (Å²) in [6, 6.07) is 0. The maximum absolute atomic E-state index is 10.2. The Kier molecular flexibility index (Phi) is 10.9. The number of phosphoric acid groups is 3. The van der Waals surface area contributed by atoms with E-state index in [1.807, 2.05) is 0 Å². The molecule has 0 rings (SSSR count). The summed E-state index contributed by atoms with van der Waals surface area (Å²) >= 11 is 0. The van der Waals surface area contributed by atoms with Gasteiger partial charge in [0.15, 0.2) is 0 Å². The fourth-order valence-electron chi connectivity index (χ4n) is 0.268. The predicted octanol–water partition coefficient (Wildman–Crippen LogP) is -5.59. The molecule has 0 aromatic heterocycles. The predicted molar refractivity (Wildman–Crippen MR) is 29.4 cm³/mol. The molecule has 15 heavy (non-hydrogen) atoms. The molecule has 0 saturated carbocycles. The minimum atomic E-state index is -5.92. The maximum Gasteiger partial charge on any atom is 2.00 e. The molecule has 10 nitrogen and oxygen atoms in total. The molecule has 0 radical (unpaired) electrons. The van der Waals surface area contributed by atoms with Crippen molar-refractivity contribution in [2.24, 2.45) is 0 Å². The van der Waals surface area contributed by atoms with Gasteiger partial charge in [-0.25, -0.2) is 8.88 Å². The molecule has 0 heterocycles. The van der Waals surface area contributed by atoms with Crippen LogP contribution >= 0.6 is 23.5 Å². The van der Waals surface area contributed by atoms with Crippen LogP contribution in [0.5, 0.6) is 0 Å². The zero-order chi connectivity index (χ0) is 10.9. The Morgan fingerprint density at radius 2 is 1.27 bits per heavy atom. The van der Waals surface area contributed by atoms with Crippen molar-refractivity contribution in [2.75, 3.05) is 0 Å². The van der Waals surface area contributed by atoms with E-state index in [1.54, 1.807) is 0 Å². The summed E-state index contributed by atoms with van der Waals surface area (Å²) in [6.45, 7) is 0. The van der Waals surface area contributed by atoms with E-state index in [2.05, 4.69) is 8.62 Å². The fraction of sp³-hybridized carbons (Fsp3) is 0. The van der Waals surface area contributed by atoms with Crippen molar-refractivity contribution in [3.8, 4) is 0 Å². The van der Waals surface area contributed by atoms with E-state index < -0.39 is 23.5 Å². The van der Waals surface area contributed by atoms with Crippen molar-refractivity contribution in [2.45, 2.75) is 0 Å². The number of rotatable bonds is 4. The van der Waals surface area contributed by atoms with Crippen LogP contribution in [0.2, 0.25) is 0 Å². The van der Waals surface area contributed by atoms with Gasteiger partial charge in [0, 0.05) is 0 Å². The van der Waals surface area contributed by atoms with Gasteiger partial charge in [-0.05, 0) is 0 Å². The fourth-order valence-corrected chi connectivity index (χ4v) is 2.68. The first-order valence-electron chi connectivity index (χ1n) is 2.23. The molecule has 0 saturated heterocycles. The molecule has 0 amide bonds. The van der Waals surface area contributed by atoms with E-state index in [1.165, 1.54) is 0 Å². The standard InChI is InChI=1S/Fe.Na.H5O10P3/c;;1-11(2,3)9-13(7,8)10-12(4,5)6/h;;(H,7,8)(H2,1,2,3)(H2,4,5,6)/q+2;+1;/p-3.